The van der Waals surface area contributed by atoms with Gasteiger partial charge in [-0.15, -0.1) is 0 Å². The molecule has 2 N–H and O–H groups in total. The number of hydrogen-bond donors (Lipinski definition) is 1. The molecule has 0 radical (unpaired) electrons. The summed E-state index contributed by atoms with van der Waals surface area (Å²) in [7, 11) is 0. The maximum Gasteiger partial charge on any atom is 0.0726 e. The van der Waals surface area contributed by atoms with Crippen LogP contribution >= 0.6 is 0 Å². The van der Waals surface area contributed by atoms with E-state index in [1.807, 2.05) is 6.07 Å². The molecule has 2 atom stereocenters. The van der Waals surface area contributed by atoms with E-state index in [1.165, 1.54) is 11.1 Å². The van der Waals surface area contributed by atoms with Crippen LogP contribution in [0.5, 0.6) is 0 Å². The van der Waals surface area contributed by atoms with Crippen LogP contribution in [0.25, 0.3) is 10.9 Å². The van der Waals surface area contributed by atoms with E-state index >= 15 is 0 Å². The molecular weight excluding hydrogens is 234 g/mol. The fraction of sp³-hybridized carbons (Fsp3) is 0.438. The normalized spacial score (nSPS) is 23.2. The Morgan fingerprint density at radius 2 is 1.89 bits per heavy atom. The van der Waals surface area contributed by atoms with Crippen LogP contribution in [0.15, 0.2) is 30.3 Å². The Kier molecular flexibility index (Phi) is 3.15. The lowest BCUT2D eigenvalue weighted by Gasteiger charge is -2.21. The van der Waals surface area contributed by atoms with E-state index in [1.54, 1.807) is 0 Å². The summed E-state index contributed by atoms with van der Waals surface area (Å²) < 4.78 is 0. The van der Waals surface area contributed by atoms with E-state index in [2.05, 4.69) is 48.0 Å². The maximum absolute atomic E-state index is 5.78. The van der Waals surface area contributed by atoms with Gasteiger partial charge in [-0.1, -0.05) is 32.0 Å². The third kappa shape index (κ3) is 2.19. The Morgan fingerprint density at radius 3 is 2.58 bits per heavy atom. The van der Waals surface area contributed by atoms with E-state index in [0.29, 0.717) is 6.54 Å². The zero-order valence-corrected chi connectivity index (χ0v) is 11.6. The molecule has 2 heterocycles. The minimum atomic E-state index is 0.497. The van der Waals surface area contributed by atoms with E-state index < -0.39 is 0 Å². The number of nitrogens with two attached hydrogens (primary N) is 1. The SMILES string of the molecule is CC1CN(c2cc(CN)nc3ccccc23)CC1C. The van der Waals surface area contributed by atoms with Gasteiger partial charge in [-0.25, -0.2) is 0 Å². The zero-order valence-electron chi connectivity index (χ0n) is 11.6. The minimum Gasteiger partial charge on any atom is -0.370 e. The van der Waals surface area contributed by atoms with Crippen LogP contribution in [0.3, 0.4) is 0 Å². The summed E-state index contributed by atoms with van der Waals surface area (Å²) in [6, 6.07) is 10.5. The lowest BCUT2D eigenvalue weighted by Crippen LogP contribution is -2.20. The van der Waals surface area contributed by atoms with Crippen LogP contribution in [0.1, 0.15) is 19.5 Å². The van der Waals surface area contributed by atoms with Crippen molar-refractivity contribution in [3.8, 4) is 0 Å². The second-order valence-electron chi connectivity index (χ2n) is 5.71. The summed E-state index contributed by atoms with van der Waals surface area (Å²) >= 11 is 0. The van der Waals surface area contributed by atoms with Gasteiger partial charge in [-0.3, -0.25) is 4.98 Å². The van der Waals surface area contributed by atoms with E-state index in [9.17, 15) is 0 Å². The molecule has 0 saturated carbocycles. The van der Waals surface area contributed by atoms with Gasteiger partial charge < -0.3 is 10.6 Å². The zero-order chi connectivity index (χ0) is 13.4. The number of para-hydroxylation sites is 1. The third-order valence-corrected chi connectivity index (χ3v) is 4.29. The van der Waals surface area contributed by atoms with Crippen molar-refractivity contribution in [2.45, 2.75) is 20.4 Å². The molecule has 1 aromatic heterocycles. The van der Waals surface area contributed by atoms with Crippen molar-refractivity contribution in [3.05, 3.63) is 36.0 Å². The predicted octanol–water partition coefficient (Wildman–Crippen LogP) is 2.79. The lowest BCUT2D eigenvalue weighted by atomic mass is 10.0. The average Bonchev–Trinajstić information content (AvgIpc) is 2.77. The van der Waals surface area contributed by atoms with E-state index in [-0.39, 0.29) is 0 Å². The summed E-state index contributed by atoms with van der Waals surface area (Å²) in [4.78, 5) is 7.10. The van der Waals surface area contributed by atoms with Gasteiger partial charge in [0.1, 0.15) is 0 Å². The van der Waals surface area contributed by atoms with Crippen LogP contribution in [0.2, 0.25) is 0 Å². The third-order valence-electron chi connectivity index (χ3n) is 4.29. The number of anilines is 1. The van der Waals surface area contributed by atoms with Gasteiger partial charge in [0.2, 0.25) is 0 Å². The molecule has 1 saturated heterocycles. The molecule has 2 aromatic rings. The molecule has 3 rings (SSSR count). The highest BCUT2D eigenvalue weighted by atomic mass is 15.2. The van der Waals surface area contributed by atoms with E-state index in [0.717, 1.165) is 36.1 Å². The Balaban J connectivity index is 2.11. The van der Waals surface area contributed by atoms with Crippen LogP contribution in [0, 0.1) is 11.8 Å². The first-order valence-electron chi connectivity index (χ1n) is 7.02. The van der Waals surface area contributed by atoms with Crippen molar-refractivity contribution in [2.24, 2.45) is 17.6 Å². The molecule has 0 amide bonds. The molecule has 1 aliphatic heterocycles. The van der Waals surface area contributed by atoms with E-state index in [4.69, 9.17) is 5.73 Å². The smallest absolute Gasteiger partial charge is 0.0726 e. The molecular formula is C16H21N3. The fourth-order valence-corrected chi connectivity index (χ4v) is 2.90. The summed E-state index contributed by atoms with van der Waals surface area (Å²) in [5, 5.41) is 1.24. The van der Waals surface area contributed by atoms with Gasteiger partial charge in [0.25, 0.3) is 0 Å². The number of pyridine rings is 1. The van der Waals surface area contributed by atoms with Gasteiger partial charge in [0.05, 0.1) is 11.2 Å². The number of rotatable bonds is 2. The molecule has 1 aromatic carbocycles. The van der Waals surface area contributed by atoms with Crippen molar-refractivity contribution >= 4 is 16.6 Å². The van der Waals surface area contributed by atoms with Crippen molar-refractivity contribution in [3.63, 3.8) is 0 Å². The highest BCUT2D eigenvalue weighted by Gasteiger charge is 2.27. The predicted molar refractivity (Wildman–Crippen MR) is 80.2 cm³/mol. The van der Waals surface area contributed by atoms with Gasteiger partial charge >= 0.3 is 0 Å². The van der Waals surface area contributed by atoms with Crippen molar-refractivity contribution < 1.29 is 0 Å². The van der Waals surface area contributed by atoms with Gasteiger partial charge in [-0.2, -0.15) is 0 Å². The van der Waals surface area contributed by atoms with Crippen LogP contribution in [0.4, 0.5) is 5.69 Å². The van der Waals surface area contributed by atoms with Gasteiger partial charge in [0, 0.05) is 30.7 Å². The van der Waals surface area contributed by atoms with Gasteiger partial charge in [-0.05, 0) is 24.0 Å². The first-order chi connectivity index (χ1) is 9.19. The first kappa shape index (κ1) is 12.4. The van der Waals surface area contributed by atoms with Crippen molar-refractivity contribution in [1.82, 2.24) is 4.98 Å². The molecule has 0 spiro atoms. The maximum atomic E-state index is 5.78. The molecule has 0 aliphatic carbocycles. The molecule has 0 bridgehead atoms. The molecule has 3 nitrogen and oxygen atoms in total. The van der Waals surface area contributed by atoms with Crippen LogP contribution < -0.4 is 10.6 Å². The Labute approximate surface area is 114 Å². The van der Waals surface area contributed by atoms with Gasteiger partial charge in [0.15, 0.2) is 0 Å². The number of benzene rings is 1. The Morgan fingerprint density at radius 1 is 1.21 bits per heavy atom. The van der Waals surface area contributed by atoms with Crippen LogP contribution in [-0.4, -0.2) is 18.1 Å². The standard InChI is InChI=1S/C16H21N3/c1-11-9-19(10-12(11)2)16-7-13(8-17)18-15-6-4-3-5-14(15)16/h3-7,11-12H,8-10,17H2,1-2H3. The summed E-state index contributed by atoms with van der Waals surface area (Å²) in [5.41, 5.74) is 9.10. The quantitative estimate of drug-likeness (QED) is 0.897. The second-order valence-corrected chi connectivity index (χ2v) is 5.71. The number of fused-ring (bicyclic) bond motifs is 1. The summed E-state index contributed by atoms with van der Waals surface area (Å²) in [6.07, 6.45) is 0. The van der Waals surface area contributed by atoms with Crippen molar-refractivity contribution in [1.29, 1.82) is 0 Å². The summed E-state index contributed by atoms with van der Waals surface area (Å²) in [6.45, 7) is 7.41. The molecule has 1 fully saturated rings. The van der Waals surface area contributed by atoms with Crippen molar-refractivity contribution in [2.75, 3.05) is 18.0 Å². The Hall–Kier alpha value is -1.61. The fourth-order valence-electron chi connectivity index (χ4n) is 2.90. The number of aromatic nitrogens is 1. The minimum absolute atomic E-state index is 0.497. The molecule has 19 heavy (non-hydrogen) atoms. The topological polar surface area (TPSA) is 42.1 Å². The second kappa shape index (κ2) is 4.82. The highest BCUT2D eigenvalue weighted by Crippen LogP contribution is 2.32. The average molecular weight is 255 g/mol. The lowest BCUT2D eigenvalue weighted by molar-refractivity contribution is 0.494. The molecule has 3 heteroatoms. The first-order valence-corrected chi connectivity index (χ1v) is 7.02. The largest absolute Gasteiger partial charge is 0.370 e. The number of hydrogen-bond acceptors (Lipinski definition) is 3. The number of nitrogens with zero attached hydrogens (tertiary/aromatic N) is 2. The molecule has 1 aliphatic rings. The molecule has 100 valence electrons. The Bertz CT molecular complexity index is 584. The highest BCUT2D eigenvalue weighted by molar-refractivity contribution is 5.92. The monoisotopic (exact) mass is 255 g/mol. The summed E-state index contributed by atoms with van der Waals surface area (Å²) in [5.74, 6) is 1.49. The molecule has 2 unspecified atom stereocenters. The van der Waals surface area contributed by atoms with Crippen LogP contribution in [-0.2, 0) is 6.54 Å².